The number of amides is 2. The zero-order valence-electron chi connectivity index (χ0n) is 13.3. The van der Waals surface area contributed by atoms with Gasteiger partial charge in [0.2, 0.25) is 5.91 Å². The number of methoxy groups -OCH3 is 1. The van der Waals surface area contributed by atoms with E-state index >= 15 is 0 Å². The molecular weight excluding hydrogens is 332 g/mol. The fourth-order valence-electron chi connectivity index (χ4n) is 2.45. The van der Waals surface area contributed by atoms with Gasteiger partial charge in [-0.25, -0.2) is 4.79 Å². The molecule has 1 aromatic rings. The molecule has 0 aromatic heterocycles. The summed E-state index contributed by atoms with van der Waals surface area (Å²) in [6, 6.07) is 6.55. The molecule has 2 rings (SSSR count). The van der Waals surface area contributed by atoms with Crippen molar-refractivity contribution in [2.75, 3.05) is 25.2 Å². The van der Waals surface area contributed by atoms with Crippen LogP contribution in [-0.4, -0.2) is 53.6 Å². The molecule has 24 heavy (non-hydrogen) atoms. The summed E-state index contributed by atoms with van der Waals surface area (Å²) in [6.45, 7) is -0.280. The van der Waals surface area contributed by atoms with Gasteiger partial charge in [0.05, 0.1) is 13.7 Å². The Morgan fingerprint density at radius 2 is 2.00 bits per heavy atom. The van der Waals surface area contributed by atoms with E-state index in [1.165, 1.54) is 7.11 Å². The number of benzene rings is 1. The maximum atomic E-state index is 12.1. The summed E-state index contributed by atoms with van der Waals surface area (Å²) in [5.41, 5.74) is -0.868. The average Bonchev–Trinajstić information content (AvgIpc) is 2.60. The lowest BCUT2D eigenvalue weighted by Crippen LogP contribution is -2.58. The Morgan fingerprint density at radius 3 is 2.62 bits per heavy atom. The number of carboxylic acids is 1. The summed E-state index contributed by atoms with van der Waals surface area (Å²) in [5, 5.41) is 14.5. The third-order valence-corrected chi connectivity index (χ3v) is 4.86. The Bertz CT molecular complexity index is 629. The van der Waals surface area contributed by atoms with E-state index in [9.17, 15) is 19.5 Å². The Morgan fingerprint density at radius 1 is 1.29 bits per heavy atom. The van der Waals surface area contributed by atoms with Gasteiger partial charge in [-0.3, -0.25) is 9.59 Å². The molecular formula is C16H20N2O5S. The molecule has 2 amide bonds. The van der Waals surface area contributed by atoms with Crippen LogP contribution in [0.1, 0.15) is 23.2 Å². The van der Waals surface area contributed by atoms with E-state index in [0.29, 0.717) is 35.7 Å². The quantitative estimate of drug-likeness (QED) is 0.702. The first-order valence-corrected chi connectivity index (χ1v) is 8.67. The van der Waals surface area contributed by atoms with E-state index in [0.717, 1.165) is 0 Å². The largest absolute Gasteiger partial charge is 0.497 e. The lowest BCUT2D eigenvalue weighted by molar-refractivity contribution is -0.147. The number of aliphatic carboxylic acids is 1. The van der Waals surface area contributed by atoms with Gasteiger partial charge >= 0.3 is 5.97 Å². The summed E-state index contributed by atoms with van der Waals surface area (Å²) in [7, 11) is 1.50. The molecule has 0 bridgehead atoms. The molecule has 0 radical (unpaired) electrons. The van der Waals surface area contributed by atoms with Crippen LogP contribution in [-0.2, 0) is 9.59 Å². The Labute approximate surface area is 144 Å². The average molecular weight is 352 g/mol. The second-order valence-electron chi connectivity index (χ2n) is 5.46. The Hall–Kier alpha value is -2.22. The van der Waals surface area contributed by atoms with Gasteiger partial charge in [0, 0.05) is 5.56 Å². The van der Waals surface area contributed by atoms with Crippen LogP contribution in [0.3, 0.4) is 0 Å². The molecule has 1 saturated heterocycles. The number of rotatable bonds is 6. The molecule has 0 atom stereocenters. The molecule has 0 spiro atoms. The van der Waals surface area contributed by atoms with Crippen LogP contribution in [0.5, 0.6) is 5.75 Å². The minimum atomic E-state index is -1.23. The van der Waals surface area contributed by atoms with Crippen molar-refractivity contribution in [3.63, 3.8) is 0 Å². The summed E-state index contributed by atoms with van der Waals surface area (Å²) in [6.07, 6.45) is 0.755. The third kappa shape index (κ3) is 4.41. The van der Waals surface area contributed by atoms with Gasteiger partial charge in [0.1, 0.15) is 11.3 Å². The molecule has 130 valence electrons. The van der Waals surface area contributed by atoms with E-state index in [4.69, 9.17) is 4.74 Å². The van der Waals surface area contributed by atoms with E-state index in [2.05, 4.69) is 10.6 Å². The van der Waals surface area contributed by atoms with Gasteiger partial charge in [-0.2, -0.15) is 11.8 Å². The highest BCUT2D eigenvalue weighted by Gasteiger charge is 2.41. The molecule has 1 aliphatic rings. The highest BCUT2D eigenvalue weighted by atomic mass is 32.2. The van der Waals surface area contributed by atoms with Crippen molar-refractivity contribution in [2.45, 2.75) is 18.4 Å². The van der Waals surface area contributed by atoms with Crippen molar-refractivity contribution < 1.29 is 24.2 Å². The van der Waals surface area contributed by atoms with Gasteiger partial charge in [-0.15, -0.1) is 0 Å². The number of thioether (sulfide) groups is 1. The summed E-state index contributed by atoms with van der Waals surface area (Å²) < 4.78 is 5.04. The van der Waals surface area contributed by atoms with Crippen LogP contribution in [0.4, 0.5) is 0 Å². The molecule has 3 N–H and O–H groups in total. The number of carbonyl (C=O) groups is 3. The molecule has 1 fully saturated rings. The third-order valence-electron chi connectivity index (χ3n) is 3.88. The van der Waals surface area contributed by atoms with Crippen LogP contribution < -0.4 is 15.4 Å². The predicted molar refractivity (Wildman–Crippen MR) is 90.4 cm³/mol. The van der Waals surface area contributed by atoms with Crippen LogP contribution in [0, 0.1) is 0 Å². The smallest absolute Gasteiger partial charge is 0.329 e. The highest BCUT2D eigenvalue weighted by molar-refractivity contribution is 7.99. The number of carboxylic acid groups (broad SMARTS) is 1. The lowest BCUT2D eigenvalue weighted by Gasteiger charge is -2.33. The standard InChI is InChI=1S/C16H20N2O5S/c1-23-12-4-2-3-11(9-12)14(20)17-10-13(19)18-16(15(21)22)5-7-24-8-6-16/h2-4,9H,5-8,10H2,1H3,(H,17,20)(H,18,19)(H,21,22). The molecule has 1 aliphatic heterocycles. The topological polar surface area (TPSA) is 105 Å². The van der Waals surface area contributed by atoms with Crippen LogP contribution >= 0.6 is 11.8 Å². The van der Waals surface area contributed by atoms with Gasteiger partial charge in [-0.05, 0) is 42.5 Å². The minimum absolute atomic E-state index is 0.280. The molecule has 1 heterocycles. The molecule has 0 unspecified atom stereocenters. The van der Waals surface area contributed by atoms with Crippen molar-refractivity contribution >= 4 is 29.5 Å². The zero-order chi connectivity index (χ0) is 17.6. The van der Waals surface area contributed by atoms with Gasteiger partial charge in [-0.1, -0.05) is 6.07 Å². The van der Waals surface area contributed by atoms with Crippen LogP contribution in [0.2, 0.25) is 0 Å². The van der Waals surface area contributed by atoms with Gasteiger partial charge in [0.25, 0.3) is 5.91 Å². The lowest BCUT2D eigenvalue weighted by atomic mass is 9.92. The predicted octanol–water partition coefficient (Wildman–Crippen LogP) is 0.892. The number of nitrogens with one attached hydrogen (secondary N) is 2. The van der Waals surface area contributed by atoms with Crippen molar-refractivity contribution in [3.8, 4) is 5.75 Å². The summed E-state index contributed by atoms with van der Waals surface area (Å²) in [5.74, 6) is -0.0639. The number of hydrogen-bond donors (Lipinski definition) is 3. The van der Waals surface area contributed by atoms with E-state index in [1.807, 2.05) is 0 Å². The van der Waals surface area contributed by atoms with E-state index in [1.54, 1.807) is 36.0 Å². The molecule has 7 nitrogen and oxygen atoms in total. The van der Waals surface area contributed by atoms with Gasteiger partial charge in [0.15, 0.2) is 0 Å². The zero-order valence-corrected chi connectivity index (χ0v) is 14.1. The SMILES string of the molecule is COc1cccc(C(=O)NCC(=O)NC2(C(=O)O)CCSCC2)c1. The monoisotopic (exact) mass is 352 g/mol. The summed E-state index contributed by atoms with van der Waals surface area (Å²) in [4.78, 5) is 35.6. The first kappa shape index (κ1) is 18.1. The van der Waals surface area contributed by atoms with Crippen molar-refractivity contribution in [2.24, 2.45) is 0 Å². The summed E-state index contributed by atoms with van der Waals surface area (Å²) >= 11 is 1.66. The normalized spacial score (nSPS) is 16.0. The second kappa shape index (κ2) is 8.05. The van der Waals surface area contributed by atoms with Crippen molar-refractivity contribution in [3.05, 3.63) is 29.8 Å². The fraction of sp³-hybridized carbons (Fsp3) is 0.438. The molecule has 0 aliphatic carbocycles. The molecule has 0 saturated carbocycles. The highest BCUT2D eigenvalue weighted by Crippen LogP contribution is 2.27. The number of hydrogen-bond acceptors (Lipinski definition) is 5. The maximum absolute atomic E-state index is 12.1. The van der Waals surface area contributed by atoms with Crippen LogP contribution in [0.15, 0.2) is 24.3 Å². The molecule has 8 heteroatoms. The maximum Gasteiger partial charge on any atom is 0.329 e. The van der Waals surface area contributed by atoms with E-state index < -0.39 is 23.3 Å². The first-order valence-electron chi connectivity index (χ1n) is 7.51. The van der Waals surface area contributed by atoms with E-state index in [-0.39, 0.29) is 6.54 Å². The minimum Gasteiger partial charge on any atom is -0.497 e. The number of carbonyl (C=O) groups excluding carboxylic acids is 2. The van der Waals surface area contributed by atoms with Crippen molar-refractivity contribution in [1.29, 1.82) is 0 Å². The van der Waals surface area contributed by atoms with Crippen LogP contribution in [0.25, 0.3) is 0 Å². The fourth-order valence-corrected chi connectivity index (χ4v) is 3.64. The van der Waals surface area contributed by atoms with Gasteiger partial charge < -0.3 is 20.5 Å². The van der Waals surface area contributed by atoms with Crippen molar-refractivity contribution in [1.82, 2.24) is 10.6 Å². The molecule has 1 aromatic carbocycles. The number of ether oxygens (including phenoxy) is 1. The first-order chi connectivity index (χ1) is 11.5. The Kier molecular flexibility index (Phi) is 6.08. The Balaban J connectivity index is 1.92. The second-order valence-corrected chi connectivity index (χ2v) is 6.69.